The van der Waals surface area contributed by atoms with Gasteiger partial charge in [-0.3, -0.25) is 0 Å². The molecule has 3 fully saturated rings. The van der Waals surface area contributed by atoms with Gasteiger partial charge in [0.1, 0.15) is 0 Å². The monoisotopic (exact) mass is 298 g/mol. The van der Waals surface area contributed by atoms with E-state index in [4.69, 9.17) is 9.47 Å². The van der Waals surface area contributed by atoms with Gasteiger partial charge in [0.2, 0.25) is 0 Å². The van der Waals surface area contributed by atoms with Crippen LogP contribution in [0.3, 0.4) is 0 Å². The van der Waals surface area contributed by atoms with Crippen LogP contribution in [0.2, 0.25) is 0 Å². The van der Waals surface area contributed by atoms with Crippen LogP contribution in [-0.2, 0) is 9.47 Å². The molecule has 0 aromatic heterocycles. The van der Waals surface area contributed by atoms with Gasteiger partial charge in [0, 0.05) is 18.6 Å². The summed E-state index contributed by atoms with van der Waals surface area (Å²) in [5.41, 5.74) is 1.08. The molecule has 0 radical (unpaired) electrons. The normalized spacial score (nSPS) is 42.0. The van der Waals surface area contributed by atoms with E-state index in [-0.39, 0.29) is 5.41 Å². The van der Waals surface area contributed by atoms with E-state index in [1.807, 2.05) is 0 Å². The van der Waals surface area contributed by atoms with Gasteiger partial charge in [-0.25, -0.2) is 0 Å². The molecular weight excluding hydrogens is 268 g/mol. The first-order valence-corrected chi connectivity index (χ1v) is 8.87. The number of thiol groups is 1. The molecule has 3 heteroatoms. The summed E-state index contributed by atoms with van der Waals surface area (Å²) in [4.78, 5) is 0. The maximum absolute atomic E-state index is 6.50. The molecule has 2 bridgehead atoms. The van der Waals surface area contributed by atoms with Gasteiger partial charge >= 0.3 is 0 Å². The van der Waals surface area contributed by atoms with E-state index in [9.17, 15) is 0 Å². The Balaban J connectivity index is 1.65. The first kappa shape index (κ1) is 15.2. The smallest absolute Gasteiger partial charge is 0.0637 e. The van der Waals surface area contributed by atoms with E-state index in [1.54, 1.807) is 0 Å². The predicted octanol–water partition coefficient (Wildman–Crippen LogP) is 3.94. The van der Waals surface area contributed by atoms with Gasteiger partial charge in [-0.15, -0.1) is 0 Å². The van der Waals surface area contributed by atoms with Crippen molar-refractivity contribution in [3.63, 3.8) is 0 Å². The van der Waals surface area contributed by atoms with Crippen molar-refractivity contribution >= 4 is 12.6 Å². The summed E-state index contributed by atoms with van der Waals surface area (Å²) in [6, 6.07) is 0. The Bertz CT molecular complexity index is 362. The van der Waals surface area contributed by atoms with Gasteiger partial charge in [0.05, 0.1) is 12.7 Å². The highest BCUT2D eigenvalue weighted by Crippen LogP contribution is 2.66. The average molecular weight is 298 g/mol. The average Bonchev–Trinajstić information content (AvgIpc) is 2.79. The lowest BCUT2D eigenvalue weighted by Gasteiger charge is -2.42. The van der Waals surface area contributed by atoms with Crippen LogP contribution in [0.25, 0.3) is 0 Å². The fourth-order valence-corrected chi connectivity index (χ4v) is 5.22. The number of ether oxygens (including phenoxy) is 2. The van der Waals surface area contributed by atoms with Crippen LogP contribution in [-0.4, -0.2) is 31.7 Å². The number of hydrogen-bond donors (Lipinski definition) is 1. The lowest BCUT2D eigenvalue weighted by molar-refractivity contribution is -0.0956. The molecular formula is C17H30O2S. The second kappa shape index (κ2) is 5.17. The lowest BCUT2D eigenvalue weighted by Crippen LogP contribution is -2.42. The van der Waals surface area contributed by atoms with Crippen molar-refractivity contribution in [2.45, 2.75) is 59.0 Å². The van der Waals surface area contributed by atoms with Gasteiger partial charge in [-0.1, -0.05) is 20.8 Å². The van der Waals surface area contributed by atoms with Gasteiger partial charge in [0.25, 0.3) is 0 Å². The highest BCUT2D eigenvalue weighted by atomic mass is 32.1. The maximum atomic E-state index is 6.50. The van der Waals surface area contributed by atoms with Crippen LogP contribution in [0.1, 0.15) is 52.9 Å². The highest BCUT2D eigenvalue weighted by Gasteiger charge is 2.62. The Morgan fingerprint density at radius 2 is 1.85 bits per heavy atom. The number of rotatable bonds is 4. The van der Waals surface area contributed by atoms with Crippen molar-refractivity contribution in [2.75, 3.05) is 25.6 Å². The molecule has 0 aromatic rings. The molecule has 20 heavy (non-hydrogen) atoms. The molecule has 2 aliphatic carbocycles. The summed E-state index contributed by atoms with van der Waals surface area (Å²) in [7, 11) is 0. The summed E-state index contributed by atoms with van der Waals surface area (Å²) in [6.45, 7) is 10.00. The molecule has 3 unspecified atom stereocenters. The second-order valence-electron chi connectivity index (χ2n) is 8.18. The van der Waals surface area contributed by atoms with E-state index < -0.39 is 0 Å². The molecule has 2 nitrogen and oxygen atoms in total. The van der Waals surface area contributed by atoms with E-state index in [0.717, 1.165) is 44.3 Å². The zero-order chi connectivity index (χ0) is 14.4. The second-order valence-corrected chi connectivity index (χ2v) is 8.50. The zero-order valence-electron chi connectivity index (χ0n) is 13.3. The van der Waals surface area contributed by atoms with Crippen molar-refractivity contribution in [1.29, 1.82) is 0 Å². The minimum atomic E-state index is 0.254. The Kier molecular flexibility index (Phi) is 3.92. The quantitative estimate of drug-likeness (QED) is 0.792. The van der Waals surface area contributed by atoms with Crippen LogP contribution in [0.4, 0.5) is 0 Å². The van der Waals surface area contributed by atoms with Crippen LogP contribution in [0.15, 0.2) is 0 Å². The molecule has 3 rings (SSSR count). The summed E-state index contributed by atoms with van der Waals surface area (Å²) >= 11 is 4.60. The van der Waals surface area contributed by atoms with E-state index >= 15 is 0 Å². The van der Waals surface area contributed by atoms with Gasteiger partial charge in [-0.2, -0.15) is 12.6 Å². The van der Waals surface area contributed by atoms with Gasteiger partial charge in [-0.05, 0) is 54.6 Å². The summed E-state index contributed by atoms with van der Waals surface area (Å²) in [5, 5.41) is 0. The Morgan fingerprint density at radius 3 is 2.35 bits per heavy atom. The van der Waals surface area contributed by atoms with Gasteiger partial charge < -0.3 is 9.47 Å². The summed E-state index contributed by atoms with van der Waals surface area (Å²) in [6.07, 6.45) is 6.67. The largest absolute Gasteiger partial charge is 0.381 e. The molecule has 3 aliphatic rings. The van der Waals surface area contributed by atoms with Crippen LogP contribution < -0.4 is 0 Å². The Hall–Kier alpha value is 0.270. The maximum Gasteiger partial charge on any atom is 0.0637 e. The van der Waals surface area contributed by atoms with Gasteiger partial charge in [0.15, 0.2) is 0 Å². The number of hydrogen-bond acceptors (Lipinski definition) is 3. The van der Waals surface area contributed by atoms with Crippen molar-refractivity contribution < 1.29 is 9.47 Å². The Labute approximate surface area is 129 Å². The van der Waals surface area contributed by atoms with E-state index in [0.29, 0.717) is 16.9 Å². The zero-order valence-corrected chi connectivity index (χ0v) is 14.2. The highest BCUT2D eigenvalue weighted by molar-refractivity contribution is 7.80. The summed E-state index contributed by atoms with van der Waals surface area (Å²) in [5.74, 6) is 1.78. The van der Waals surface area contributed by atoms with Crippen LogP contribution >= 0.6 is 12.6 Å². The third kappa shape index (κ3) is 2.16. The van der Waals surface area contributed by atoms with E-state index in [1.165, 1.54) is 19.3 Å². The summed E-state index contributed by atoms with van der Waals surface area (Å²) < 4.78 is 12.0. The van der Waals surface area contributed by atoms with Crippen molar-refractivity contribution in [2.24, 2.45) is 22.2 Å². The number of fused-ring (bicyclic) bond motifs is 2. The van der Waals surface area contributed by atoms with Crippen molar-refractivity contribution in [1.82, 2.24) is 0 Å². The molecule has 3 atom stereocenters. The van der Waals surface area contributed by atoms with Crippen molar-refractivity contribution in [3.05, 3.63) is 0 Å². The SMILES string of the molecule is CC1(C)C2CCC1(C)C(OCC1(CS)CCOCC1)C2. The standard InChI is InChI=1S/C17H30O2S/c1-15(2)13-4-5-16(15,3)14(10-13)19-11-17(12-20)6-8-18-9-7-17/h13-14,20H,4-12H2,1-3H3. The molecule has 0 N–H and O–H groups in total. The molecule has 0 aromatic carbocycles. The molecule has 0 amide bonds. The van der Waals surface area contributed by atoms with Crippen LogP contribution in [0, 0.1) is 22.2 Å². The Morgan fingerprint density at radius 1 is 1.15 bits per heavy atom. The topological polar surface area (TPSA) is 18.5 Å². The third-order valence-corrected chi connectivity index (χ3v) is 7.86. The third-order valence-electron chi connectivity index (χ3n) is 7.19. The van der Waals surface area contributed by atoms with Crippen LogP contribution in [0.5, 0.6) is 0 Å². The molecule has 1 heterocycles. The molecule has 1 aliphatic heterocycles. The molecule has 1 saturated heterocycles. The fourth-order valence-electron chi connectivity index (χ4n) is 4.81. The minimum absolute atomic E-state index is 0.254. The fraction of sp³-hybridized carbons (Fsp3) is 1.00. The lowest BCUT2D eigenvalue weighted by atomic mass is 9.70. The molecule has 0 spiro atoms. The first-order valence-electron chi connectivity index (χ1n) is 8.24. The van der Waals surface area contributed by atoms with Crippen molar-refractivity contribution in [3.8, 4) is 0 Å². The minimum Gasteiger partial charge on any atom is -0.381 e. The van der Waals surface area contributed by atoms with E-state index in [2.05, 4.69) is 33.4 Å². The predicted molar refractivity (Wildman–Crippen MR) is 85.3 cm³/mol. The molecule has 116 valence electrons. The first-order chi connectivity index (χ1) is 9.44. The molecule has 2 saturated carbocycles.